The standard InChI is InChI=1S/C14H18N2O5/c17-3-1-5-20-12-7-10-11(15-9-16-14(10)19)8-13(12)21-6-2-4-18/h7-9,17-18H,1-6H2,(H,15,16,19). The zero-order valence-corrected chi connectivity index (χ0v) is 11.5. The van der Waals surface area contributed by atoms with Gasteiger partial charge < -0.3 is 24.7 Å². The number of H-pyrrole nitrogens is 1. The smallest absolute Gasteiger partial charge is 0.258 e. The van der Waals surface area contributed by atoms with Crippen LogP contribution in [0.4, 0.5) is 0 Å². The number of nitrogens with zero attached hydrogens (tertiary/aromatic N) is 1. The number of rotatable bonds is 8. The number of aliphatic hydroxyl groups excluding tert-OH is 2. The second-order valence-corrected chi connectivity index (χ2v) is 4.40. The zero-order chi connectivity index (χ0) is 15.1. The number of aliphatic hydroxyl groups is 2. The van der Waals surface area contributed by atoms with E-state index in [1.54, 1.807) is 12.1 Å². The number of hydrogen-bond donors (Lipinski definition) is 3. The highest BCUT2D eigenvalue weighted by molar-refractivity contribution is 5.81. The summed E-state index contributed by atoms with van der Waals surface area (Å²) >= 11 is 0. The van der Waals surface area contributed by atoms with Crippen LogP contribution < -0.4 is 15.0 Å². The summed E-state index contributed by atoms with van der Waals surface area (Å²) in [6.45, 7) is 0.709. The number of fused-ring (bicyclic) bond motifs is 1. The largest absolute Gasteiger partial charge is 0.490 e. The first-order valence-electron chi connectivity index (χ1n) is 6.75. The van der Waals surface area contributed by atoms with Crippen molar-refractivity contribution in [2.45, 2.75) is 12.8 Å². The van der Waals surface area contributed by atoms with Gasteiger partial charge in [-0.3, -0.25) is 4.79 Å². The Hall–Kier alpha value is -2.12. The van der Waals surface area contributed by atoms with Crippen LogP contribution in [0.25, 0.3) is 10.9 Å². The van der Waals surface area contributed by atoms with Crippen molar-refractivity contribution in [1.82, 2.24) is 9.97 Å². The topological polar surface area (TPSA) is 105 Å². The van der Waals surface area contributed by atoms with Crippen LogP contribution in [0.1, 0.15) is 12.8 Å². The fourth-order valence-electron chi connectivity index (χ4n) is 1.80. The Morgan fingerprint density at radius 2 is 1.67 bits per heavy atom. The van der Waals surface area contributed by atoms with Gasteiger partial charge in [0.25, 0.3) is 5.56 Å². The van der Waals surface area contributed by atoms with Crippen LogP contribution in [0.2, 0.25) is 0 Å². The monoisotopic (exact) mass is 294 g/mol. The van der Waals surface area contributed by atoms with E-state index in [-0.39, 0.29) is 18.8 Å². The Bertz CT molecular complexity index is 641. The Labute approximate surface area is 121 Å². The summed E-state index contributed by atoms with van der Waals surface area (Å²) in [5, 5.41) is 18.0. The molecule has 1 aromatic carbocycles. The minimum absolute atomic E-state index is 0.0242. The van der Waals surface area contributed by atoms with Gasteiger partial charge in [0.15, 0.2) is 11.5 Å². The van der Waals surface area contributed by atoms with Crippen LogP contribution in [0, 0.1) is 0 Å². The zero-order valence-electron chi connectivity index (χ0n) is 11.5. The quantitative estimate of drug-likeness (QED) is 0.610. The molecule has 0 aliphatic heterocycles. The summed E-state index contributed by atoms with van der Waals surface area (Å²) < 4.78 is 11.1. The predicted molar refractivity (Wildman–Crippen MR) is 76.8 cm³/mol. The van der Waals surface area contributed by atoms with E-state index in [9.17, 15) is 4.79 Å². The van der Waals surface area contributed by atoms with Crippen LogP contribution in [-0.2, 0) is 0 Å². The third-order valence-corrected chi connectivity index (χ3v) is 2.83. The van der Waals surface area contributed by atoms with Gasteiger partial charge in [-0.15, -0.1) is 0 Å². The normalized spacial score (nSPS) is 10.8. The molecule has 21 heavy (non-hydrogen) atoms. The van der Waals surface area contributed by atoms with Crippen LogP contribution >= 0.6 is 0 Å². The van der Waals surface area contributed by atoms with Gasteiger partial charge in [-0.2, -0.15) is 0 Å². The Kier molecular flexibility index (Phi) is 5.53. The third kappa shape index (κ3) is 3.93. The molecule has 0 atom stereocenters. The molecule has 0 spiro atoms. The fourth-order valence-corrected chi connectivity index (χ4v) is 1.80. The van der Waals surface area contributed by atoms with Crippen molar-refractivity contribution in [3.8, 4) is 11.5 Å². The minimum Gasteiger partial charge on any atom is -0.490 e. The second kappa shape index (κ2) is 7.61. The molecule has 0 amide bonds. The lowest BCUT2D eigenvalue weighted by atomic mass is 10.2. The van der Waals surface area contributed by atoms with Gasteiger partial charge >= 0.3 is 0 Å². The highest BCUT2D eigenvalue weighted by atomic mass is 16.5. The SMILES string of the molecule is O=c1[nH]cnc2cc(OCCCO)c(OCCCO)cc12. The van der Waals surface area contributed by atoms with Crippen molar-refractivity contribution in [1.29, 1.82) is 0 Å². The molecule has 2 aromatic rings. The maximum absolute atomic E-state index is 11.8. The molecule has 0 unspecified atom stereocenters. The lowest BCUT2D eigenvalue weighted by Gasteiger charge is -2.13. The first kappa shape index (κ1) is 15.3. The average Bonchev–Trinajstić information content (AvgIpc) is 2.49. The summed E-state index contributed by atoms with van der Waals surface area (Å²) in [5.74, 6) is 0.888. The van der Waals surface area contributed by atoms with Gasteiger partial charge in [0.05, 0.1) is 30.4 Å². The van der Waals surface area contributed by atoms with E-state index in [2.05, 4.69) is 9.97 Å². The lowest BCUT2D eigenvalue weighted by molar-refractivity contribution is 0.211. The molecule has 0 aliphatic rings. The van der Waals surface area contributed by atoms with Crippen LogP contribution in [-0.4, -0.2) is 46.6 Å². The molecule has 2 rings (SSSR count). The minimum atomic E-state index is -0.256. The van der Waals surface area contributed by atoms with E-state index >= 15 is 0 Å². The first-order chi connectivity index (χ1) is 10.3. The molecule has 1 aromatic heterocycles. The Morgan fingerprint density at radius 3 is 2.29 bits per heavy atom. The molecule has 114 valence electrons. The molecule has 0 saturated heterocycles. The molecule has 0 bridgehead atoms. The van der Waals surface area contributed by atoms with Crippen LogP contribution in [0.3, 0.4) is 0 Å². The van der Waals surface area contributed by atoms with E-state index in [0.717, 1.165) is 0 Å². The Balaban J connectivity index is 2.32. The number of hydrogen-bond acceptors (Lipinski definition) is 6. The van der Waals surface area contributed by atoms with Crippen molar-refractivity contribution in [3.63, 3.8) is 0 Å². The molecule has 0 saturated carbocycles. The van der Waals surface area contributed by atoms with Crippen molar-refractivity contribution in [3.05, 3.63) is 28.8 Å². The summed E-state index contributed by atoms with van der Waals surface area (Å²) in [7, 11) is 0. The van der Waals surface area contributed by atoms with E-state index in [1.807, 2.05) is 0 Å². The summed E-state index contributed by atoms with van der Waals surface area (Å²) in [6.07, 6.45) is 2.31. The average molecular weight is 294 g/mol. The van der Waals surface area contributed by atoms with Gasteiger partial charge in [-0.05, 0) is 6.07 Å². The predicted octanol–water partition coefficient (Wildman–Crippen LogP) is 0.445. The van der Waals surface area contributed by atoms with Gasteiger partial charge in [-0.1, -0.05) is 0 Å². The number of nitrogens with one attached hydrogen (secondary N) is 1. The molecule has 7 heteroatoms. The number of benzene rings is 1. The van der Waals surface area contributed by atoms with Crippen molar-refractivity contribution in [2.24, 2.45) is 0 Å². The lowest BCUT2D eigenvalue weighted by Crippen LogP contribution is -2.09. The number of aromatic amines is 1. The number of aromatic nitrogens is 2. The highest BCUT2D eigenvalue weighted by Crippen LogP contribution is 2.30. The van der Waals surface area contributed by atoms with Crippen molar-refractivity contribution >= 4 is 10.9 Å². The van der Waals surface area contributed by atoms with Crippen LogP contribution in [0.15, 0.2) is 23.3 Å². The molecule has 0 fully saturated rings. The molecular weight excluding hydrogens is 276 g/mol. The molecule has 0 aliphatic carbocycles. The Morgan fingerprint density at radius 1 is 1.05 bits per heavy atom. The fraction of sp³-hybridized carbons (Fsp3) is 0.429. The summed E-state index contributed by atoms with van der Waals surface area (Å²) in [5.41, 5.74) is 0.251. The summed E-state index contributed by atoms with van der Waals surface area (Å²) in [6, 6.07) is 3.21. The van der Waals surface area contributed by atoms with E-state index in [4.69, 9.17) is 19.7 Å². The second-order valence-electron chi connectivity index (χ2n) is 4.40. The third-order valence-electron chi connectivity index (χ3n) is 2.83. The van der Waals surface area contributed by atoms with E-state index < -0.39 is 0 Å². The van der Waals surface area contributed by atoms with Gasteiger partial charge in [0, 0.05) is 32.1 Å². The molecule has 7 nitrogen and oxygen atoms in total. The van der Waals surface area contributed by atoms with Crippen molar-refractivity contribution < 1.29 is 19.7 Å². The van der Waals surface area contributed by atoms with Gasteiger partial charge in [0.2, 0.25) is 0 Å². The maximum Gasteiger partial charge on any atom is 0.258 e. The molecule has 3 N–H and O–H groups in total. The molecular formula is C14H18N2O5. The van der Waals surface area contributed by atoms with Crippen LogP contribution in [0.5, 0.6) is 11.5 Å². The van der Waals surface area contributed by atoms with E-state index in [0.29, 0.717) is 48.5 Å². The van der Waals surface area contributed by atoms with Crippen molar-refractivity contribution in [2.75, 3.05) is 26.4 Å². The summed E-state index contributed by atoms with van der Waals surface area (Å²) in [4.78, 5) is 18.4. The molecule has 1 heterocycles. The molecule has 0 radical (unpaired) electrons. The van der Waals surface area contributed by atoms with E-state index in [1.165, 1.54) is 6.33 Å². The highest BCUT2D eigenvalue weighted by Gasteiger charge is 2.10. The first-order valence-corrected chi connectivity index (χ1v) is 6.75. The van der Waals surface area contributed by atoms with Gasteiger partial charge in [0.1, 0.15) is 0 Å². The maximum atomic E-state index is 11.8. The van der Waals surface area contributed by atoms with Gasteiger partial charge in [-0.25, -0.2) is 4.98 Å². The number of ether oxygens (including phenoxy) is 2.